The lowest BCUT2D eigenvalue weighted by Crippen LogP contribution is -2.01. The molecule has 5 heteroatoms. The van der Waals surface area contributed by atoms with Gasteiger partial charge in [-0.3, -0.25) is 9.67 Å². The second-order valence-corrected chi connectivity index (χ2v) is 5.45. The third-order valence-electron chi connectivity index (χ3n) is 3.84. The zero-order valence-corrected chi connectivity index (χ0v) is 12.7. The van der Waals surface area contributed by atoms with Crippen molar-refractivity contribution in [3.05, 3.63) is 72.3 Å². The van der Waals surface area contributed by atoms with Crippen LogP contribution < -0.4 is 0 Å². The molecular weight excluding hydrogens is 286 g/mol. The van der Waals surface area contributed by atoms with Crippen molar-refractivity contribution >= 4 is 11.2 Å². The monoisotopic (exact) mass is 301 g/mol. The lowest BCUT2D eigenvalue weighted by molar-refractivity contribution is 0.684. The zero-order valence-electron chi connectivity index (χ0n) is 12.7. The van der Waals surface area contributed by atoms with Gasteiger partial charge in [0.25, 0.3) is 0 Å². The first kappa shape index (κ1) is 13.6. The molecule has 0 saturated heterocycles. The third kappa shape index (κ3) is 2.68. The predicted molar refractivity (Wildman–Crippen MR) is 88.8 cm³/mol. The summed E-state index contributed by atoms with van der Waals surface area (Å²) in [5.74, 6) is 0. The molecule has 4 aromatic rings. The van der Waals surface area contributed by atoms with E-state index < -0.39 is 0 Å². The first-order valence-electron chi connectivity index (χ1n) is 7.45. The van der Waals surface area contributed by atoms with Crippen LogP contribution in [0.15, 0.2) is 61.2 Å². The minimum Gasteiger partial charge on any atom is -0.268 e. The number of hydrogen-bond acceptors (Lipinski definition) is 4. The Kier molecular flexibility index (Phi) is 3.31. The number of aryl methyl sites for hydroxylation is 1. The highest BCUT2D eigenvalue weighted by Crippen LogP contribution is 2.18. The number of benzene rings is 1. The Morgan fingerprint density at radius 1 is 1.00 bits per heavy atom. The van der Waals surface area contributed by atoms with Crippen molar-refractivity contribution in [2.24, 2.45) is 0 Å². The third-order valence-corrected chi connectivity index (χ3v) is 3.84. The number of hydrogen-bond donors (Lipinski definition) is 0. The summed E-state index contributed by atoms with van der Waals surface area (Å²) in [4.78, 5) is 13.2. The van der Waals surface area contributed by atoms with Crippen molar-refractivity contribution in [1.29, 1.82) is 0 Å². The summed E-state index contributed by atoms with van der Waals surface area (Å²) in [5, 5.41) is 4.44. The van der Waals surface area contributed by atoms with E-state index in [1.165, 1.54) is 11.1 Å². The van der Waals surface area contributed by atoms with Gasteiger partial charge in [-0.2, -0.15) is 5.10 Å². The number of rotatable bonds is 3. The predicted octanol–water partition coefficient (Wildman–Crippen LogP) is 3.25. The van der Waals surface area contributed by atoms with E-state index in [-0.39, 0.29) is 0 Å². The Bertz CT molecular complexity index is 974. The van der Waals surface area contributed by atoms with Crippen LogP contribution in [0.2, 0.25) is 0 Å². The van der Waals surface area contributed by atoms with Crippen LogP contribution in [0.3, 0.4) is 0 Å². The van der Waals surface area contributed by atoms with Gasteiger partial charge >= 0.3 is 0 Å². The van der Waals surface area contributed by atoms with Gasteiger partial charge in [-0.25, -0.2) is 9.97 Å². The first-order valence-corrected chi connectivity index (χ1v) is 7.45. The van der Waals surface area contributed by atoms with Gasteiger partial charge in [-0.15, -0.1) is 0 Å². The molecule has 4 rings (SSSR count). The van der Waals surface area contributed by atoms with Crippen LogP contribution in [0.25, 0.3) is 22.4 Å². The van der Waals surface area contributed by atoms with E-state index in [1.54, 1.807) is 12.4 Å². The van der Waals surface area contributed by atoms with E-state index in [0.29, 0.717) is 5.65 Å². The molecule has 3 aromatic heterocycles. The van der Waals surface area contributed by atoms with Crippen LogP contribution in [-0.4, -0.2) is 24.7 Å². The van der Waals surface area contributed by atoms with Crippen molar-refractivity contribution in [2.45, 2.75) is 13.5 Å². The van der Waals surface area contributed by atoms with Crippen LogP contribution in [0.4, 0.5) is 0 Å². The number of fused-ring (bicyclic) bond motifs is 1. The molecule has 0 saturated carbocycles. The van der Waals surface area contributed by atoms with Crippen molar-refractivity contribution < 1.29 is 0 Å². The highest BCUT2D eigenvalue weighted by Gasteiger charge is 2.07. The number of aromatic nitrogens is 5. The molecule has 0 unspecified atom stereocenters. The second-order valence-electron chi connectivity index (χ2n) is 5.45. The van der Waals surface area contributed by atoms with Gasteiger partial charge < -0.3 is 0 Å². The van der Waals surface area contributed by atoms with Crippen molar-refractivity contribution in [1.82, 2.24) is 24.7 Å². The van der Waals surface area contributed by atoms with Crippen LogP contribution in [0.1, 0.15) is 11.1 Å². The summed E-state index contributed by atoms with van der Waals surface area (Å²) in [6.07, 6.45) is 7.30. The maximum absolute atomic E-state index is 4.56. The largest absolute Gasteiger partial charge is 0.268 e. The van der Waals surface area contributed by atoms with Gasteiger partial charge in [-0.05, 0) is 30.2 Å². The molecule has 112 valence electrons. The summed E-state index contributed by atoms with van der Waals surface area (Å²) in [5.41, 5.74) is 5.69. The molecule has 0 spiro atoms. The van der Waals surface area contributed by atoms with Crippen LogP contribution in [-0.2, 0) is 6.54 Å². The summed E-state index contributed by atoms with van der Waals surface area (Å²) in [6.45, 7) is 2.85. The Morgan fingerprint density at radius 2 is 1.91 bits per heavy atom. The van der Waals surface area contributed by atoms with E-state index in [2.05, 4.69) is 39.1 Å². The quantitative estimate of drug-likeness (QED) is 0.583. The maximum Gasteiger partial charge on any atom is 0.178 e. The van der Waals surface area contributed by atoms with Gasteiger partial charge in [0.05, 0.1) is 24.6 Å². The van der Waals surface area contributed by atoms with Gasteiger partial charge in [0.2, 0.25) is 0 Å². The molecule has 0 amide bonds. The molecule has 0 aliphatic heterocycles. The molecule has 0 aliphatic rings. The van der Waals surface area contributed by atoms with E-state index in [1.807, 2.05) is 41.3 Å². The lowest BCUT2D eigenvalue weighted by atomic mass is 10.1. The van der Waals surface area contributed by atoms with E-state index in [9.17, 15) is 0 Å². The highest BCUT2D eigenvalue weighted by molar-refractivity contribution is 5.72. The summed E-state index contributed by atoms with van der Waals surface area (Å²) in [7, 11) is 0. The maximum atomic E-state index is 4.56. The van der Waals surface area contributed by atoms with Crippen LogP contribution in [0, 0.1) is 6.92 Å². The van der Waals surface area contributed by atoms with E-state index in [4.69, 9.17) is 0 Å². The first-order chi connectivity index (χ1) is 11.3. The number of nitrogens with zero attached hydrogens (tertiary/aromatic N) is 5. The fraction of sp³-hybridized carbons (Fsp3) is 0.111. The molecule has 3 heterocycles. The molecule has 0 radical (unpaired) electrons. The smallest absolute Gasteiger partial charge is 0.178 e. The van der Waals surface area contributed by atoms with E-state index >= 15 is 0 Å². The van der Waals surface area contributed by atoms with Crippen molar-refractivity contribution in [3.8, 4) is 11.3 Å². The van der Waals surface area contributed by atoms with Crippen molar-refractivity contribution in [2.75, 3.05) is 0 Å². The van der Waals surface area contributed by atoms with Gasteiger partial charge in [0.1, 0.15) is 5.52 Å². The lowest BCUT2D eigenvalue weighted by Gasteiger charge is -2.05. The van der Waals surface area contributed by atoms with Gasteiger partial charge in [0.15, 0.2) is 5.65 Å². The summed E-state index contributed by atoms with van der Waals surface area (Å²) < 4.78 is 1.92. The fourth-order valence-corrected chi connectivity index (χ4v) is 2.53. The molecule has 1 aromatic carbocycles. The molecule has 0 bridgehead atoms. The molecule has 0 N–H and O–H groups in total. The van der Waals surface area contributed by atoms with Gasteiger partial charge in [-0.1, -0.05) is 24.3 Å². The Hall–Kier alpha value is -3.08. The van der Waals surface area contributed by atoms with Crippen molar-refractivity contribution in [3.63, 3.8) is 0 Å². The SMILES string of the molecule is Cc1ccccc1Cn1cc(-c2cnc3cccnc3n2)cn1. The van der Waals surface area contributed by atoms with E-state index in [0.717, 1.165) is 23.3 Å². The minimum absolute atomic E-state index is 0.650. The molecule has 0 fully saturated rings. The summed E-state index contributed by atoms with van der Waals surface area (Å²) >= 11 is 0. The molecule has 5 nitrogen and oxygen atoms in total. The average Bonchev–Trinajstić information content (AvgIpc) is 3.05. The Labute approximate surface area is 133 Å². The molecule has 0 aliphatic carbocycles. The standard InChI is InChI=1S/C18H15N5/c1-13-5-2-3-6-14(13)11-23-12-15(9-21-23)17-10-20-16-7-4-8-19-18(16)22-17/h2-10,12H,11H2,1H3. The number of pyridine rings is 1. The zero-order chi connectivity index (χ0) is 15.6. The topological polar surface area (TPSA) is 56.5 Å². The Morgan fingerprint density at radius 3 is 2.83 bits per heavy atom. The summed E-state index contributed by atoms with van der Waals surface area (Å²) in [6, 6.07) is 12.1. The Balaban J connectivity index is 1.65. The van der Waals surface area contributed by atoms with Gasteiger partial charge in [0, 0.05) is 18.0 Å². The van der Waals surface area contributed by atoms with Crippen LogP contribution >= 0.6 is 0 Å². The highest BCUT2D eigenvalue weighted by atomic mass is 15.3. The second kappa shape index (κ2) is 5.61. The average molecular weight is 301 g/mol. The normalized spacial score (nSPS) is 11.0. The van der Waals surface area contributed by atoms with Crippen LogP contribution in [0.5, 0.6) is 0 Å². The molecular formula is C18H15N5. The molecule has 0 atom stereocenters. The minimum atomic E-state index is 0.650. The molecule has 23 heavy (non-hydrogen) atoms. The fourth-order valence-electron chi connectivity index (χ4n) is 2.53.